The number of nitrogens with two attached hydrogens (primary N) is 1. The fourth-order valence-corrected chi connectivity index (χ4v) is 2.02. The van der Waals surface area contributed by atoms with E-state index in [1.165, 1.54) is 24.3 Å². The minimum atomic E-state index is -3.80. The van der Waals surface area contributed by atoms with E-state index in [0.717, 1.165) is 5.56 Å². The van der Waals surface area contributed by atoms with Gasteiger partial charge >= 0.3 is 0 Å². The Morgan fingerprint density at radius 2 is 1.79 bits per heavy atom. The van der Waals surface area contributed by atoms with Crippen LogP contribution in [0.2, 0.25) is 0 Å². The SMILES string of the molecule is NS(=O)(=O)c1ccc(CNCc2ccc(F)cc2)o1. The smallest absolute Gasteiger partial charge is 0.271 e. The van der Waals surface area contributed by atoms with Crippen LogP contribution in [0, 0.1) is 5.82 Å². The molecular weight excluding hydrogens is 271 g/mol. The zero-order valence-corrected chi connectivity index (χ0v) is 10.8. The van der Waals surface area contributed by atoms with Crippen LogP contribution in [0.3, 0.4) is 0 Å². The van der Waals surface area contributed by atoms with Crippen LogP contribution in [0.4, 0.5) is 4.39 Å². The first kappa shape index (κ1) is 13.7. The second-order valence-electron chi connectivity index (χ2n) is 4.00. The summed E-state index contributed by atoms with van der Waals surface area (Å²) >= 11 is 0. The van der Waals surface area contributed by atoms with Crippen molar-refractivity contribution in [3.8, 4) is 0 Å². The fraction of sp³-hybridized carbons (Fsp3) is 0.167. The first-order valence-corrected chi connectivity index (χ1v) is 7.06. The van der Waals surface area contributed by atoms with E-state index < -0.39 is 10.0 Å². The average molecular weight is 284 g/mol. The molecule has 0 bridgehead atoms. The van der Waals surface area contributed by atoms with E-state index in [2.05, 4.69) is 5.32 Å². The molecule has 0 radical (unpaired) electrons. The number of furan rings is 1. The summed E-state index contributed by atoms with van der Waals surface area (Å²) in [6, 6.07) is 8.94. The summed E-state index contributed by atoms with van der Waals surface area (Å²) in [5.41, 5.74) is 0.916. The van der Waals surface area contributed by atoms with Crippen LogP contribution in [0.25, 0.3) is 0 Å². The summed E-state index contributed by atoms with van der Waals surface area (Å²) in [7, 11) is -3.80. The zero-order chi connectivity index (χ0) is 13.9. The summed E-state index contributed by atoms with van der Waals surface area (Å²) in [4.78, 5) is 0. The quantitative estimate of drug-likeness (QED) is 0.868. The summed E-state index contributed by atoms with van der Waals surface area (Å²) < 4.78 is 39.8. The molecule has 102 valence electrons. The van der Waals surface area contributed by atoms with Crippen molar-refractivity contribution in [1.29, 1.82) is 0 Å². The molecule has 0 saturated heterocycles. The molecule has 1 aromatic carbocycles. The van der Waals surface area contributed by atoms with Gasteiger partial charge in [0.2, 0.25) is 5.09 Å². The van der Waals surface area contributed by atoms with Gasteiger partial charge in [-0.3, -0.25) is 0 Å². The molecule has 1 heterocycles. The molecule has 3 N–H and O–H groups in total. The van der Waals surface area contributed by atoms with Gasteiger partial charge in [0.15, 0.2) is 0 Å². The lowest BCUT2D eigenvalue weighted by atomic mass is 10.2. The predicted molar refractivity (Wildman–Crippen MR) is 67.0 cm³/mol. The Hall–Kier alpha value is -1.70. The van der Waals surface area contributed by atoms with Crippen molar-refractivity contribution in [2.24, 2.45) is 5.14 Å². The Labute approximate surface area is 110 Å². The molecular formula is C12H13FN2O3S. The van der Waals surface area contributed by atoms with Crippen molar-refractivity contribution in [3.05, 3.63) is 53.5 Å². The van der Waals surface area contributed by atoms with Crippen molar-refractivity contribution < 1.29 is 17.2 Å². The molecule has 0 saturated carbocycles. The molecule has 0 aliphatic rings. The average Bonchev–Trinajstić information content (AvgIpc) is 2.80. The van der Waals surface area contributed by atoms with E-state index in [9.17, 15) is 12.8 Å². The second-order valence-corrected chi connectivity index (χ2v) is 5.49. The fourth-order valence-electron chi connectivity index (χ4n) is 1.54. The van der Waals surface area contributed by atoms with Crippen molar-refractivity contribution in [2.45, 2.75) is 18.2 Å². The summed E-state index contributed by atoms with van der Waals surface area (Å²) in [5.74, 6) is 0.179. The van der Waals surface area contributed by atoms with E-state index in [4.69, 9.17) is 9.56 Å². The number of benzene rings is 1. The molecule has 5 nitrogen and oxygen atoms in total. The van der Waals surface area contributed by atoms with Crippen LogP contribution in [0.5, 0.6) is 0 Å². The lowest BCUT2D eigenvalue weighted by Gasteiger charge is -2.02. The van der Waals surface area contributed by atoms with Crippen LogP contribution in [-0.2, 0) is 23.1 Å². The molecule has 0 amide bonds. The van der Waals surface area contributed by atoms with Gasteiger partial charge in [0, 0.05) is 6.54 Å². The third-order valence-corrected chi connectivity index (χ3v) is 3.24. The lowest BCUT2D eigenvalue weighted by Crippen LogP contribution is -2.13. The molecule has 19 heavy (non-hydrogen) atoms. The highest BCUT2D eigenvalue weighted by Gasteiger charge is 2.12. The largest absolute Gasteiger partial charge is 0.447 e. The third kappa shape index (κ3) is 3.88. The van der Waals surface area contributed by atoms with Crippen LogP contribution in [-0.4, -0.2) is 8.42 Å². The minimum absolute atomic E-state index is 0.258. The maximum Gasteiger partial charge on any atom is 0.271 e. The van der Waals surface area contributed by atoms with Gasteiger partial charge in [-0.25, -0.2) is 17.9 Å². The Morgan fingerprint density at radius 3 is 2.37 bits per heavy atom. The molecule has 2 rings (SSSR count). The van der Waals surface area contributed by atoms with Crippen molar-refractivity contribution >= 4 is 10.0 Å². The maximum atomic E-state index is 12.7. The van der Waals surface area contributed by atoms with Crippen LogP contribution < -0.4 is 10.5 Å². The lowest BCUT2D eigenvalue weighted by molar-refractivity contribution is 0.402. The van der Waals surface area contributed by atoms with E-state index in [0.29, 0.717) is 18.8 Å². The van der Waals surface area contributed by atoms with Crippen molar-refractivity contribution in [2.75, 3.05) is 0 Å². The molecule has 0 aliphatic heterocycles. The summed E-state index contributed by atoms with van der Waals surface area (Å²) in [6.45, 7) is 0.874. The Kier molecular flexibility index (Phi) is 3.98. The predicted octanol–water partition coefficient (Wildman–Crippen LogP) is 1.36. The Bertz CT molecular complexity index is 650. The number of primary sulfonamides is 1. The van der Waals surface area contributed by atoms with Crippen LogP contribution >= 0.6 is 0 Å². The molecule has 0 spiro atoms. The van der Waals surface area contributed by atoms with Crippen molar-refractivity contribution in [3.63, 3.8) is 0 Å². The highest BCUT2D eigenvalue weighted by molar-refractivity contribution is 7.89. The van der Waals surface area contributed by atoms with E-state index in [1.807, 2.05) is 0 Å². The van der Waals surface area contributed by atoms with Gasteiger partial charge in [0.1, 0.15) is 11.6 Å². The van der Waals surface area contributed by atoms with Gasteiger partial charge in [-0.2, -0.15) is 0 Å². The number of nitrogens with one attached hydrogen (secondary N) is 1. The van der Waals surface area contributed by atoms with Gasteiger partial charge in [0.05, 0.1) is 6.54 Å². The number of hydrogen-bond donors (Lipinski definition) is 2. The van der Waals surface area contributed by atoms with E-state index in [-0.39, 0.29) is 10.9 Å². The van der Waals surface area contributed by atoms with Gasteiger partial charge in [-0.05, 0) is 29.8 Å². The van der Waals surface area contributed by atoms with E-state index >= 15 is 0 Å². The van der Waals surface area contributed by atoms with E-state index in [1.54, 1.807) is 12.1 Å². The van der Waals surface area contributed by atoms with Crippen LogP contribution in [0.15, 0.2) is 45.9 Å². The van der Waals surface area contributed by atoms with Crippen LogP contribution in [0.1, 0.15) is 11.3 Å². The number of rotatable bonds is 5. The highest BCUT2D eigenvalue weighted by Crippen LogP contribution is 2.12. The van der Waals surface area contributed by atoms with Gasteiger partial charge in [-0.1, -0.05) is 12.1 Å². The minimum Gasteiger partial charge on any atom is -0.447 e. The third-order valence-electron chi connectivity index (χ3n) is 2.46. The molecule has 7 heteroatoms. The molecule has 0 unspecified atom stereocenters. The molecule has 0 aliphatic carbocycles. The number of halogens is 1. The first-order valence-electron chi connectivity index (χ1n) is 5.52. The Balaban J connectivity index is 1.89. The molecule has 2 aromatic rings. The van der Waals surface area contributed by atoms with Gasteiger partial charge < -0.3 is 9.73 Å². The summed E-state index contributed by atoms with van der Waals surface area (Å²) in [6.07, 6.45) is 0. The van der Waals surface area contributed by atoms with Gasteiger partial charge in [0.25, 0.3) is 10.0 Å². The Morgan fingerprint density at radius 1 is 1.11 bits per heavy atom. The normalized spacial score (nSPS) is 11.7. The first-order chi connectivity index (χ1) is 8.95. The second kappa shape index (κ2) is 5.52. The molecule has 1 aromatic heterocycles. The van der Waals surface area contributed by atoms with Gasteiger partial charge in [-0.15, -0.1) is 0 Å². The highest BCUT2D eigenvalue weighted by atomic mass is 32.2. The number of hydrogen-bond acceptors (Lipinski definition) is 4. The monoisotopic (exact) mass is 284 g/mol. The number of sulfonamides is 1. The molecule has 0 atom stereocenters. The zero-order valence-electron chi connectivity index (χ0n) is 9.97. The molecule has 0 fully saturated rings. The topological polar surface area (TPSA) is 85.3 Å². The van der Waals surface area contributed by atoms with Crippen molar-refractivity contribution in [1.82, 2.24) is 5.32 Å². The maximum absolute atomic E-state index is 12.7. The standard InChI is InChI=1S/C12H13FN2O3S/c13-10-3-1-9(2-4-10)7-15-8-11-5-6-12(18-11)19(14,16)17/h1-6,15H,7-8H2,(H2,14,16,17). The summed E-state index contributed by atoms with van der Waals surface area (Å²) in [5, 5.41) is 7.72.